The van der Waals surface area contributed by atoms with Crippen LogP contribution in [0.15, 0.2) is 72.8 Å². The Hall–Kier alpha value is -2.68. The predicted molar refractivity (Wildman–Crippen MR) is 138 cm³/mol. The molecule has 6 aromatic rings. The molecule has 0 fully saturated rings. The average Bonchev–Trinajstić information content (AvgIpc) is 3.31. The first-order chi connectivity index (χ1) is 14.5. The van der Waals surface area contributed by atoms with E-state index in [1.54, 1.807) is 0 Å². The lowest BCUT2D eigenvalue weighted by Crippen LogP contribution is -1.76. The zero-order valence-corrected chi connectivity index (χ0v) is 19.4. The highest BCUT2D eigenvalue weighted by Crippen LogP contribution is 2.38. The van der Waals surface area contributed by atoms with Crippen molar-refractivity contribution in [3.8, 4) is 0 Å². The molecule has 30 heavy (non-hydrogen) atoms. The van der Waals surface area contributed by atoms with E-state index < -0.39 is 0 Å². The van der Waals surface area contributed by atoms with Gasteiger partial charge in [-0.25, -0.2) is 0 Å². The molecule has 0 unspecified atom stereocenters. The Kier molecular flexibility index (Phi) is 4.85. The SMILES string of the molecule is Cc1cccc2c1sc1c(C)cccc12.Cc1cccc2sc3cccc(C)c3c12. The van der Waals surface area contributed by atoms with E-state index in [2.05, 4.69) is 100 Å². The van der Waals surface area contributed by atoms with Crippen LogP contribution in [0.4, 0.5) is 0 Å². The largest absolute Gasteiger partial charge is 0.135 e. The second kappa shape index (κ2) is 7.54. The van der Waals surface area contributed by atoms with E-state index in [1.165, 1.54) is 62.6 Å². The summed E-state index contributed by atoms with van der Waals surface area (Å²) in [6.07, 6.45) is 0. The predicted octanol–water partition coefficient (Wildman–Crippen LogP) is 9.34. The maximum absolute atomic E-state index is 2.22. The van der Waals surface area contributed by atoms with Crippen LogP contribution >= 0.6 is 22.7 Å². The minimum Gasteiger partial charge on any atom is -0.135 e. The van der Waals surface area contributed by atoms with Crippen molar-refractivity contribution in [3.05, 3.63) is 95.1 Å². The second-order valence-corrected chi connectivity index (χ2v) is 10.1. The lowest BCUT2D eigenvalue weighted by molar-refractivity contribution is 1.52. The van der Waals surface area contributed by atoms with Gasteiger partial charge in [-0.15, -0.1) is 22.7 Å². The van der Waals surface area contributed by atoms with Crippen molar-refractivity contribution in [2.24, 2.45) is 0 Å². The lowest BCUT2D eigenvalue weighted by Gasteiger charge is -1.99. The van der Waals surface area contributed by atoms with Gasteiger partial charge in [-0.1, -0.05) is 60.7 Å². The van der Waals surface area contributed by atoms with E-state index in [9.17, 15) is 0 Å². The number of thiophene rings is 2. The number of benzene rings is 4. The van der Waals surface area contributed by atoms with Gasteiger partial charge >= 0.3 is 0 Å². The summed E-state index contributed by atoms with van der Waals surface area (Å²) in [5, 5.41) is 5.68. The third-order valence-corrected chi connectivity index (χ3v) is 8.47. The monoisotopic (exact) mass is 424 g/mol. The fourth-order valence-electron chi connectivity index (χ4n) is 4.31. The fourth-order valence-corrected chi connectivity index (χ4v) is 6.81. The Bertz CT molecular complexity index is 1420. The smallest absolute Gasteiger partial charge is 0.0384 e. The summed E-state index contributed by atoms with van der Waals surface area (Å²) in [5.41, 5.74) is 5.53. The molecule has 0 spiro atoms. The van der Waals surface area contributed by atoms with Crippen LogP contribution in [0.5, 0.6) is 0 Å². The zero-order chi connectivity index (χ0) is 20.8. The molecule has 0 atom stereocenters. The van der Waals surface area contributed by atoms with Gasteiger partial charge in [0.1, 0.15) is 0 Å². The topological polar surface area (TPSA) is 0 Å². The number of rotatable bonds is 0. The van der Waals surface area contributed by atoms with E-state index in [1.807, 2.05) is 22.7 Å². The van der Waals surface area contributed by atoms with Crippen molar-refractivity contribution < 1.29 is 0 Å². The van der Waals surface area contributed by atoms with Crippen LogP contribution in [0.25, 0.3) is 40.3 Å². The molecule has 0 N–H and O–H groups in total. The molecule has 0 aliphatic heterocycles. The van der Waals surface area contributed by atoms with E-state index in [-0.39, 0.29) is 0 Å². The number of fused-ring (bicyclic) bond motifs is 6. The zero-order valence-electron chi connectivity index (χ0n) is 17.7. The minimum atomic E-state index is 1.38. The van der Waals surface area contributed by atoms with Crippen molar-refractivity contribution in [1.82, 2.24) is 0 Å². The highest BCUT2D eigenvalue weighted by Gasteiger charge is 2.08. The first-order valence-corrected chi connectivity index (χ1v) is 11.9. The third kappa shape index (κ3) is 3.12. The van der Waals surface area contributed by atoms with Gasteiger partial charge in [0.2, 0.25) is 0 Å². The Morgan fingerprint density at radius 1 is 0.433 bits per heavy atom. The summed E-state index contributed by atoms with van der Waals surface area (Å²) in [5.74, 6) is 0. The van der Waals surface area contributed by atoms with Crippen molar-refractivity contribution in [2.45, 2.75) is 27.7 Å². The first-order valence-electron chi connectivity index (χ1n) is 10.3. The summed E-state index contributed by atoms with van der Waals surface area (Å²) >= 11 is 3.80. The Labute approximate surface area is 185 Å². The van der Waals surface area contributed by atoms with Crippen LogP contribution in [0.1, 0.15) is 22.3 Å². The molecule has 0 saturated carbocycles. The quantitative estimate of drug-likeness (QED) is 0.228. The Morgan fingerprint density at radius 3 is 1.30 bits per heavy atom. The van der Waals surface area contributed by atoms with Crippen LogP contribution in [-0.4, -0.2) is 0 Å². The van der Waals surface area contributed by atoms with E-state index >= 15 is 0 Å². The van der Waals surface area contributed by atoms with E-state index in [4.69, 9.17) is 0 Å². The van der Waals surface area contributed by atoms with E-state index in [0.717, 1.165) is 0 Å². The highest BCUT2D eigenvalue weighted by atomic mass is 32.1. The van der Waals surface area contributed by atoms with Gasteiger partial charge in [-0.2, -0.15) is 0 Å². The molecule has 0 nitrogen and oxygen atoms in total. The molecule has 0 amide bonds. The summed E-state index contributed by atoms with van der Waals surface area (Å²) < 4.78 is 5.67. The van der Waals surface area contributed by atoms with Crippen molar-refractivity contribution in [2.75, 3.05) is 0 Å². The Balaban J connectivity index is 0.000000128. The third-order valence-electron chi connectivity index (χ3n) is 5.86. The van der Waals surface area contributed by atoms with Crippen LogP contribution in [0.2, 0.25) is 0 Å². The summed E-state index contributed by atoms with van der Waals surface area (Å²) in [6.45, 7) is 8.77. The van der Waals surface area contributed by atoms with Crippen LogP contribution in [0.3, 0.4) is 0 Å². The van der Waals surface area contributed by atoms with Crippen LogP contribution in [-0.2, 0) is 0 Å². The van der Waals surface area contributed by atoms with Crippen molar-refractivity contribution in [1.29, 1.82) is 0 Å². The van der Waals surface area contributed by atoms with Gasteiger partial charge in [-0.05, 0) is 62.1 Å². The molecular weight excluding hydrogens is 400 g/mol. The second-order valence-electron chi connectivity index (χ2n) is 8.00. The summed E-state index contributed by atoms with van der Waals surface area (Å²) in [6, 6.07) is 26.2. The molecule has 4 aromatic carbocycles. The number of hydrogen-bond donors (Lipinski definition) is 0. The number of hydrogen-bond acceptors (Lipinski definition) is 2. The van der Waals surface area contributed by atoms with Gasteiger partial charge in [0.25, 0.3) is 0 Å². The maximum atomic E-state index is 2.22. The van der Waals surface area contributed by atoms with Gasteiger partial charge in [0, 0.05) is 40.3 Å². The van der Waals surface area contributed by atoms with Crippen LogP contribution in [0, 0.1) is 27.7 Å². The maximum Gasteiger partial charge on any atom is 0.0384 e. The first kappa shape index (κ1) is 19.3. The molecule has 2 heteroatoms. The lowest BCUT2D eigenvalue weighted by atomic mass is 10.0. The molecule has 6 rings (SSSR count). The van der Waals surface area contributed by atoms with Gasteiger partial charge in [-0.3, -0.25) is 0 Å². The molecule has 0 aliphatic rings. The fraction of sp³-hybridized carbons (Fsp3) is 0.143. The minimum absolute atomic E-state index is 1.38. The van der Waals surface area contributed by atoms with E-state index in [0.29, 0.717) is 0 Å². The normalized spacial score (nSPS) is 11.3. The van der Waals surface area contributed by atoms with Gasteiger partial charge < -0.3 is 0 Å². The average molecular weight is 425 g/mol. The number of aryl methyl sites for hydroxylation is 4. The molecule has 0 bridgehead atoms. The molecule has 2 aromatic heterocycles. The molecule has 2 heterocycles. The van der Waals surface area contributed by atoms with Crippen molar-refractivity contribution >= 4 is 63.0 Å². The summed E-state index contributed by atoms with van der Waals surface area (Å²) in [7, 11) is 0. The standard InChI is InChI=1S/2C14H12S/c1-9-5-3-7-11-13(9)14-10(2)6-4-8-12(14)15-11;1-9-5-3-7-11-12-8-4-6-10(2)14(12)15-13(9)11/h2*3-8H,1-2H3. The Morgan fingerprint density at radius 2 is 0.833 bits per heavy atom. The molecular formula is C28H24S2. The molecule has 0 aliphatic carbocycles. The van der Waals surface area contributed by atoms with Gasteiger partial charge in [0.05, 0.1) is 0 Å². The summed E-state index contributed by atoms with van der Waals surface area (Å²) in [4.78, 5) is 0. The molecule has 148 valence electrons. The van der Waals surface area contributed by atoms with Crippen LogP contribution < -0.4 is 0 Å². The highest BCUT2D eigenvalue weighted by molar-refractivity contribution is 7.26. The molecule has 0 radical (unpaired) electrons. The molecule has 0 saturated heterocycles. The van der Waals surface area contributed by atoms with Crippen molar-refractivity contribution in [3.63, 3.8) is 0 Å². The van der Waals surface area contributed by atoms with Gasteiger partial charge in [0.15, 0.2) is 0 Å².